The molecule has 6 heteroatoms. The highest BCUT2D eigenvalue weighted by atomic mass is 79.9. The highest BCUT2D eigenvalue weighted by Crippen LogP contribution is 2.37. The zero-order valence-corrected chi connectivity index (χ0v) is 15.1. The Bertz CT molecular complexity index is 565. The number of H-pyrrole nitrogens is 1. The van der Waals surface area contributed by atoms with Crippen molar-refractivity contribution in [3.8, 4) is 0 Å². The van der Waals surface area contributed by atoms with Gasteiger partial charge >= 0.3 is 5.97 Å². The van der Waals surface area contributed by atoms with Crippen LogP contribution in [0.3, 0.4) is 0 Å². The number of nitrogens with one attached hydrogen (secondary N) is 1. The van der Waals surface area contributed by atoms with Crippen molar-refractivity contribution in [3.05, 3.63) is 32.2 Å². The Hall–Kier alpha value is -0.620. The van der Waals surface area contributed by atoms with Crippen LogP contribution in [-0.2, 0) is 4.74 Å². The van der Waals surface area contributed by atoms with Crippen LogP contribution in [0.25, 0.3) is 0 Å². The summed E-state index contributed by atoms with van der Waals surface area (Å²) >= 11 is 6.73. The van der Waals surface area contributed by atoms with Crippen LogP contribution in [0.4, 0.5) is 0 Å². The van der Waals surface area contributed by atoms with Gasteiger partial charge in [0.05, 0.1) is 17.1 Å². The van der Waals surface area contributed by atoms with Gasteiger partial charge in [0.15, 0.2) is 0 Å². The second-order valence-corrected chi connectivity index (χ2v) is 6.93. The van der Waals surface area contributed by atoms with E-state index >= 15 is 0 Å². The molecule has 1 unspecified atom stereocenters. The highest BCUT2D eigenvalue weighted by Gasteiger charge is 2.29. The second kappa shape index (κ2) is 7.58. The zero-order valence-electron chi connectivity index (χ0n) is 12.0. The Labute approximate surface area is 140 Å². The summed E-state index contributed by atoms with van der Waals surface area (Å²) in [7, 11) is 1.36. The average molecular weight is 421 g/mol. The van der Waals surface area contributed by atoms with Crippen LogP contribution in [0.15, 0.2) is 15.3 Å². The van der Waals surface area contributed by atoms with Gasteiger partial charge in [0.2, 0.25) is 0 Å². The Kier molecular flexibility index (Phi) is 6.05. The third-order valence-corrected chi connectivity index (χ3v) is 5.47. The number of hydrogen-bond acceptors (Lipinski definition) is 3. The Balaban J connectivity index is 2.45. The average Bonchev–Trinajstić information content (AvgIpc) is 2.51. The van der Waals surface area contributed by atoms with E-state index in [0.717, 1.165) is 18.2 Å². The molecular formula is C15H19Br2NO3. The SMILES string of the molecule is COC(=O)c1cc(Br)c(=O)[nH]c1C(CBr)C1CCCCC1. The molecule has 0 bridgehead atoms. The molecule has 1 aromatic rings. The third-order valence-electron chi connectivity index (χ3n) is 4.19. The van der Waals surface area contributed by atoms with Crippen molar-refractivity contribution in [2.45, 2.75) is 38.0 Å². The first kappa shape index (κ1) is 16.7. The topological polar surface area (TPSA) is 59.2 Å². The maximum Gasteiger partial charge on any atom is 0.339 e. The van der Waals surface area contributed by atoms with Gasteiger partial charge in [0.1, 0.15) is 0 Å². The van der Waals surface area contributed by atoms with E-state index in [9.17, 15) is 9.59 Å². The molecular weight excluding hydrogens is 402 g/mol. The number of esters is 1. The molecule has 1 saturated carbocycles. The maximum atomic E-state index is 12.0. The van der Waals surface area contributed by atoms with Crippen LogP contribution in [0, 0.1) is 5.92 Å². The molecule has 1 heterocycles. The van der Waals surface area contributed by atoms with Crippen molar-refractivity contribution in [1.29, 1.82) is 0 Å². The largest absolute Gasteiger partial charge is 0.465 e. The van der Waals surface area contributed by atoms with E-state index in [4.69, 9.17) is 4.74 Å². The summed E-state index contributed by atoms with van der Waals surface area (Å²) in [5.74, 6) is 0.197. The van der Waals surface area contributed by atoms with E-state index in [2.05, 4.69) is 36.8 Å². The number of ether oxygens (including phenoxy) is 1. The van der Waals surface area contributed by atoms with Crippen molar-refractivity contribution in [3.63, 3.8) is 0 Å². The summed E-state index contributed by atoms with van der Waals surface area (Å²) < 4.78 is 5.21. The lowest BCUT2D eigenvalue weighted by atomic mass is 9.78. The molecule has 0 saturated heterocycles. The fraction of sp³-hybridized carbons (Fsp3) is 0.600. The molecule has 21 heavy (non-hydrogen) atoms. The van der Waals surface area contributed by atoms with Crippen LogP contribution in [-0.4, -0.2) is 23.4 Å². The van der Waals surface area contributed by atoms with Gasteiger partial charge in [-0.1, -0.05) is 35.2 Å². The molecule has 1 aromatic heterocycles. The molecule has 1 aliphatic rings. The summed E-state index contributed by atoms with van der Waals surface area (Å²) in [5, 5.41) is 0.721. The second-order valence-electron chi connectivity index (χ2n) is 5.42. The summed E-state index contributed by atoms with van der Waals surface area (Å²) in [6, 6.07) is 1.57. The number of carbonyl (C=O) groups excluding carboxylic acids is 1. The Morgan fingerprint density at radius 3 is 2.67 bits per heavy atom. The molecule has 0 radical (unpaired) electrons. The Morgan fingerprint density at radius 2 is 2.10 bits per heavy atom. The monoisotopic (exact) mass is 419 g/mol. The van der Waals surface area contributed by atoms with E-state index in [1.165, 1.54) is 26.4 Å². The minimum absolute atomic E-state index is 0.125. The minimum atomic E-state index is -0.413. The van der Waals surface area contributed by atoms with E-state index in [0.29, 0.717) is 21.6 Å². The van der Waals surface area contributed by atoms with Gasteiger partial charge in [0, 0.05) is 16.9 Å². The van der Waals surface area contributed by atoms with Gasteiger partial charge in [-0.3, -0.25) is 4.79 Å². The molecule has 0 aliphatic heterocycles. The van der Waals surface area contributed by atoms with Crippen molar-refractivity contribution in [2.75, 3.05) is 12.4 Å². The summed E-state index contributed by atoms with van der Waals surface area (Å²) in [6.45, 7) is 0. The van der Waals surface area contributed by atoms with Crippen LogP contribution < -0.4 is 5.56 Å². The zero-order chi connectivity index (χ0) is 15.4. The minimum Gasteiger partial charge on any atom is -0.465 e. The molecule has 1 atom stereocenters. The summed E-state index contributed by atoms with van der Waals surface area (Å²) in [4.78, 5) is 26.8. The van der Waals surface area contributed by atoms with Gasteiger partial charge in [0.25, 0.3) is 5.56 Å². The molecule has 116 valence electrons. The molecule has 2 rings (SSSR count). The predicted octanol–water partition coefficient (Wildman–Crippen LogP) is 3.98. The number of hydrogen-bond donors (Lipinski definition) is 1. The lowest BCUT2D eigenvalue weighted by Gasteiger charge is -2.30. The number of pyridine rings is 1. The van der Waals surface area contributed by atoms with Crippen LogP contribution in [0.5, 0.6) is 0 Å². The van der Waals surface area contributed by atoms with Crippen LogP contribution in [0.1, 0.15) is 54.1 Å². The third kappa shape index (κ3) is 3.77. The van der Waals surface area contributed by atoms with E-state index in [1.54, 1.807) is 6.07 Å². The summed E-state index contributed by atoms with van der Waals surface area (Å²) in [5.41, 5.74) is 0.928. The van der Waals surface area contributed by atoms with E-state index < -0.39 is 5.97 Å². The molecule has 0 spiro atoms. The fourth-order valence-electron chi connectivity index (χ4n) is 3.07. The molecule has 1 fully saturated rings. The van der Waals surface area contributed by atoms with Crippen molar-refractivity contribution >= 4 is 37.8 Å². The lowest BCUT2D eigenvalue weighted by Crippen LogP contribution is -2.25. The number of aromatic amines is 1. The quantitative estimate of drug-likeness (QED) is 0.591. The summed E-state index contributed by atoms with van der Waals surface area (Å²) in [6.07, 6.45) is 5.96. The molecule has 0 aromatic carbocycles. The highest BCUT2D eigenvalue weighted by molar-refractivity contribution is 9.10. The first-order valence-corrected chi connectivity index (χ1v) is 9.07. The number of rotatable bonds is 4. The number of halogens is 2. The van der Waals surface area contributed by atoms with Gasteiger partial charge in [-0.05, 0) is 40.8 Å². The van der Waals surface area contributed by atoms with Gasteiger partial charge < -0.3 is 9.72 Å². The molecule has 4 nitrogen and oxygen atoms in total. The molecule has 1 N–H and O–H groups in total. The first-order valence-electron chi connectivity index (χ1n) is 7.15. The lowest BCUT2D eigenvalue weighted by molar-refractivity contribution is 0.0597. The normalized spacial score (nSPS) is 17.5. The van der Waals surface area contributed by atoms with Crippen molar-refractivity contribution in [1.82, 2.24) is 4.98 Å². The van der Waals surface area contributed by atoms with Gasteiger partial charge in [-0.2, -0.15) is 0 Å². The number of aromatic nitrogens is 1. The Morgan fingerprint density at radius 1 is 1.43 bits per heavy atom. The van der Waals surface area contributed by atoms with Crippen LogP contribution >= 0.6 is 31.9 Å². The van der Waals surface area contributed by atoms with E-state index in [1.807, 2.05) is 0 Å². The van der Waals surface area contributed by atoms with Gasteiger partial charge in [-0.25, -0.2) is 4.79 Å². The molecule has 1 aliphatic carbocycles. The maximum absolute atomic E-state index is 12.0. The number of methoxy groups -OCH3 is 1. The van der Waals surface area contributed by atoms with Crippen molar-refractivity contribution < 1.29 is 9.53 Å². The molecule has 0 amide bonds. The van der Waals surface area contributed by atoms with Crippen molar-refractivity contribution in [2.24, 2.45) is 5.92 Å². The number of alkyl halides is 1. The predicted molar refractivity (Wildman–Crippen MR) is 89.2 cm³/mol. The smallest absolute Gasteiger partial charge is 0.339 e. The fourth-order valence-corrected chi connectivity index (χ4v) is 4.25. The number of carbonyl (C=O) groups is 1. The van der Waals surface area contributed by atoms with Gasteiger partial charge in [-0.15, -0.1) is 0 Å². The van der Waals surface area contributed by atoms with E-state index in [-0.39, 0.29) is 11.5 Å². The first-order chi connectivity index (χ1) is 10.1. The van der Waals surface area contributed by atoms with Crippen LogP contribution in [0.2, 0.25) is 0 Å². The standard InChI is InChI=1S/C15H19Br2NO3/c1-21-15(20)10-7-12(17)14(19)18-13(10)11(8-16)9-5-3-2-4-6-9/h7,9,11H,2-6,8H2,1H3,(H,18,19).